The third-order valence-electron chi connectivity index (χ3n) is 3.03. The summed E-state index contributed by atoms with van der Waals surface area (Å²) in [5.41, 5.74) is 0. The molecule has 2 aliphatic heterocycles. The lowest BCUT2D eigenvalue weighted by molar-refractivity contribution is -0.214. The van der Waals surface area contributed by atoms with Gasteiger partial charge in [0.1, 0.15) is 0 Å². The van der Waals surface area contributed by atoms with Gasteiger partial charge in [0.25, 0.3) is 0 Å². The average molecular weight is 186 g/mol. The summed E-state index contributed by atoms with van der Waals surface area (Å²) in [7, 11) is 0. The molecule has 1 N–H and O–H groups in total. The highest BCUT2D eigenvalue weighted by Crippen LogP contribution is 2.42. The maximum absolute atomic E-state index is 8.79. The summed E-state index contributed by atoms with van der Waals surface area (Å²) >= 11 is 0. The third kappa shape index (κ3) is 1.87. The second-order valence-corrected chi connectivity index (χ2v) is 4.17. The summed E-state index contributed by atoms with van der Waals surface area (Å²) < 4.78 is 11.6. The fourth-order valence-corrected chi connectivity index (χ4v) is 2.33. The van der Waals surface area contributed by atoms with Crippen LogP contribution in [0.2, 0.25) is 0 Å². The molecular formula is C10H18O3. The van der Waals surface area contributed by atoms with E-state index in [1.54, 1.807) is 0 Å². The monoisotopic (exact) mass is 186 g/mol. The molecule has 0 aliphatic carbocycles. The standard InChI is InChI=1S/C10H18O3/c1-8-2-5-10(12-8)6-3-9(13-10)4-7-11/h8-9,11H,2-7H2,1H3/t8-,9+,10+/m0/s1. The zero-order chi connectivity index (χ0) is 9.31. The van der Waals surface area contributed by atoms with Crippen LogP contribution in [0.3, 0.4) is 0 Å². The summed E-state index contributed by atoms with van der Waals surface area (Å²) in [6, 6.07) is 0. The molecule has 0 aromatic rings. The molecule has 3 nitrogen and oxygen atoms in total. The quantitative estimate of drug-likeness (QED) is 0.709. The maximum atomic E-state index is 8.79. The van der Waals surface area contributed by atoms with Gasteiger partial charge in [-0.2, -0.15) is 0 Å². The zero-order valence-corrected chi connectivity index (χ0v) is 8.16. The molecule has 3 atom stereocenters. The van der Waals surface area contributed by atoms with Crippen molar-refractivity contribution in [1.29, 1.82) is 0 Å². The van der Waals surface area contributed by atoms with Crippen molar-refractivity contribution in [3.8, 4) is 0 Å². The lowest BCUT2D eigenvalue weighted by Crippen LogP contribution is -2.29. The third-order valence-corrected chi connectivity index (χ3v) is 3.03. The minimum Gasteiger partial charge on any atom is -0.396 e. The molecular weight excluding hydrogens is 168 g/mol. The molecule has 0 unspecified atom stereocenters. The highest BCUT2D eigenvalue weighted by atomic mass is 16.7. The van der Waals surface area contributed by atoms with Crippen LogP contribution in [-0.2, 0) is 9.47 Å². The molecule has 2 rings (SSSR count). The number of aliphatic hydroxyl groups is 1. The summed E-state index contributed by atoms with van der Waals surface area (Å²) in [6.07, 6.45) is 5.47. The lowest BCUT2D eigenvalue weighted by atomic mass is 10.1. The van der Waals surface area contributed by atoms with Gasteiger partial charge in [-0.25, -0.2) is 0 Å². The first kappa shape index (κ1) is 9.44. The zero-order valence-electron chi connectivity index (χ0n) is 8.16. The van der Waals surface area contributed by atoms with Crippen LogP contribution in [0.15, 0.2) is 0 Å². The minimum absolute atomic E-state index is 0.218. The van der Waals surface area contributed by atoms with Gasteiger partial charge in [-0.1, -0.05) is 0 Å². The first-order valence-corrected chi connectivity index (χ1v) is 5.21. The molecule has 0 aromatic carbocycles. The molecule has 1 spiro atoms. The van der Waals surface area contributed by atoms with Gasteiger partial charge < -0.3 is 14.6 Å². The van der Waals surface area contributed by atoms with Gasteiger partial charge in [0.05, 0.1) is 12.2 Å². The number of aliphatic hydroxyl groups excluding tert-OH is 1. The molecule has 2 saturated heterocycles. The van der Waals surface area contributed by atoms with Crippen LogP contribution in [0.4, 0.5) is 0 Å². The van der Waals surface area contributed by atoms with Gasteiger partial charge in [-0.15, -0.1) is 0 Å². The Morgan fingerprint density at radius 3 is 2.69 bits per heavy atom. The van der Waals surface area contributed by atoms with E-state index in [9.17, 15) is 0 Å². The van der Waals surface area contributed by atoms with Crippen molar-refractivity contribution in [2.75, 3.05) is 6.61 Å². The van der Waals surface area contributed by atoms with E-state index in [4.69, 9.17) is 14.6 Å². The summed E-state index contributed by atoms with van der Waals surface area (Å²) in [4.78, 5) is 0. The fraction of sp³-hybridized carbons (Fsp3) is 1.00. The van der Waals surface area contributed by atoms with E-state index >= 15 is 0 Å². The van der Waals surface area contributed by atoms with Crippen LogP contribution >= 0.6 is 0 Å². The normalized spacial score (nSPS) is 44.8. The smallest absolute Gasteiger partial charge is 0.169 e. The second-order valence-electron chi connectivity index (χ2n) is 4.17. The molecule has 76 valence electrons. The van der Waals surface area contributed by atoms with Gasteiger partial charge in [0.2, 0.25) is 0 Å². The Bertz CT molecular complexity index is 183. The molecule has 0 saturated carbocycles. The van der Waals surface area contributed by atoms with Gasteiger partial charge in [-0.05, 0) is 26.2 Å². The second kappa shape index (κ2) is 3.56. The molecule has 0 bridgehead atoms. The largest absolute Gasteiger partial charge is 0.396 e. The van der Waals surface area contributed by atoms with Crippen molar-refractivity contribution in [3.63, 3.8) is 0 Å². The first-order chi connectivity index (χ1) is 6.24. The molecule has 0 aromatic heterocycles. The van der Waals surface area contributed by atoms with Crippen LogP contribution in [0.25, 0.3) is 0 Å². The number of rotatable bonds is 2. The molecule has 0 amide bonds. The van der Waals surface area contributed by atoms with Crippen molar-refractivity contribution >= 4 is 0 Å². The van der Waals surface area contributed by atoms with E-state index in [2.05, 4.69) is 6.92 Å². The van der Waals surface area contributed by atoms with E-state index in [0.29, 0.717) is 6.10 Å². The van der Waals surface area contributed by atoms with Gasteiger partial charge in [-0.3, -0.25) is 0 Å². The Morgan fingerprint density at radius 2 is 2.08 bits per heavy atom. The topological polar surface area (TPSA) is 38.7 Å². The van der Waals surface area contributed by atoms with Crippen molar-refractivity contribution in [3.05, 3.63) is 0 Å². The van der Waals surface area contributed by atoms with Crippen molar-refractivity contribution < 1.29 is 14.6 Å². The molecule has 3 heteroatoms. The summed E-state index contributed by atoms with van der Waals surface area (Å²) in [5, 5.41) is 8.79. The molecule has 2 heterocycles. The lowest BCUT2D eigenvalue weighted by Gasteiger charge is -2.24. The van der Waals surface area contributed by atoms with Crippen LogP contribution in [0.5, 0.6) is 0 Å². The Morgan fingerprint density at radius 1 is 1.31 bits per heavy atom. The van der Waals surface area contributed by atoms with E-state index in [1.165, 1.54) is 0 Å². The Hall–Kier alpha value is -0.120. The van der Waals surface area contributed by atoms with Crippen LogP contribution in [-0.4, -0.2) is 29.7 Å². The molecule has 2 aliphatic rings. The number of hydrogen-bond acceptors (Lipinski definition) is 3. The molecule has 13 heavy (non-hydrogen) atoms. The van der Waals surface area contributed by atoms with Crippen LogP contribution < -0.4 is 0 Å². The Labute approximate surface area is 79.0 Å². The highest BCUT2D eigenvalue weighted by molar-refractivity contribution is 4.86. The minimum atomic E-state index is -0.279. The summed E-state index contributed by atoms with van der Waals surface area (Å²) in [5.74, 6) is -0.279. The van der Waals surface area contributed by atoms with Crippen molar-refractivity contribution in [1.82, 2.24) is 0 Å². The van der Waals surface area contributed by atoms with Crippen LogP contribution in [0, 0.1) is 0 Å². The number of hydrogen-bond donors (Lipinski definition) is 1. The highest BCUT2D eigenvalue weighted by Gasteiger charge is 2.45. The molecule has 2 fully saturated rings. The predicted molar refractivity (Wildman–Crippen MR) is 48.3 cm³/mol. The SMILES string of the molecule is C[C@H]1CC[C@@]2(CC[C@H](CCO)O2)O1. The number of ether oxygens (including phenoxy) is 2. The Kier molecular flexibility index (Phi) is 2.58. The molecule has 0 radical (unpaired) electrons. The van der Waals surface area contributed by atoms with E-state index in [-0.39, 0.29) is 18.5 Å². The van der Waals surface area contributed by atoms with Crippen molar-refractivity contribution in [2.24, 2.45) is 0 Å². The average Bonchev–Trinajstić information content (AvgIpc) is 2.62. The predicted octanol–water partition coefficient (Wildman–Crippen LogP) is 1.44. The maximum Gasteiger partial charge on any atom is 0.169 e. The first-order valence-electron chi connectivity index (χ1n) is 5.21. The Balaban J connectivity index is 1.89. The van der Waals surface area contributed by atoms with Crippen LogP contribution in [0.1, 0.15) is 39.0 Å². The van der Waals surface area contributed by atoms with Gasteiger partial charge in [0.15, 0.2) is 5.79 Å². The van der Waals surface area contributed by atoms with E-state index < -0.39 is 0 Å². The summed E-state index contributed by atoms with van der Waals surface area (Å²) in [6.45, 7) is 2.31. The van der Waals surface area contributed by atoms with Crippen molar-refractivity contribution in [2.45, 2.75) is 57.0 Å². The fourth-order valence-electron chi connectivity index (χ4n) is 2.33. The van der Waals surface area contributed by atoms with Gasteiger partial charge in [0, 0.05) is 19.4 Å². The van der Waals surface area contributed by atoms with Gasteiger partial charge >= 0.3 is 0 Å². The van der Waals surface area contributed by atoms with E-state index in [0.717, 1.165) is 32.1 Å². The van der Waals surface area contributed by atoms with E-state index in [1.807, 2.05) is 0 Å².